The van der Waals surface area contributed by atoms with Crippen LogP contribution in [0.5, 0.6) is 23.0 Å². The Kier molecular flexibility index (Phi) is 10.1. The molecule has 0 aromatic heterocycles. The van der Waals surface area contributed by atoms with Crippen molar-refractivity contribution in [1.29, 1.82) is 0 Å². The molecule has 3 aromatic rings. The van der Waals surface area contributed by atoms with E-state index in [-0.39, 0.29) is 10.6 Å². The van der Waals surface area contributed by atoms with E-state index in [1.54, 1.807) is 38.5 Å². The summed E-state index contributed by atoms with van der Waals surface area (Å²) in [6, 6.07) is 16.1. The van der Waals surface area contributed by atoms with E-state index in [1.165, 1.54) is 32.4 Å². The molecule has 0 aliphatic carbocycles. The lowest BCUT2D eigenvalue weighted by Crippen LogP contribution is -2.41. The molecule has 204 valence electrons. The highest BCUT2D eigenvalue weighted by Crippen LogP contribution is 2.32. The van der Waals surface area contributed by atoms with Crippen LogP contribution in [0, 0.1) is 0 Å². The summed E-state index contributed by atoms with van der Waals surface area (Å²) >= 11 is 6.00. The van der Waals surface area contributed by atoms with Gasteiger partial charge in [0.2, 0.25) is 5.91 Å². The number of nitrogens with one attached hydrogen (secondary N) is 1. The number of amides is 1. The molecular weight excluding hydrogens is 532 g/mol. The summed E-state index contributed by atoms with van der Waals surface area (Å²) in [4.78, 5) is 12.8. The quantitative estimate of drug-likeness (QED) is 0.309. The van der Waals surface area contributed by atoms with Crippen molar-refractivity contribution in [3.8, 4) is 23.0 Å². The van der Waals surface area contributed by atoms with E-state index in [2.05, 4.69) is 5.32 Å². The number of carbonyl (C=O) groups excluding carboxylic acids is 1. The summed E-state index contributed by atoms with van der Waals surface area (Å²) < 4.78 is 49.4. The van der Waals surface area contributed by atoms with E-state index < -0.39 is 22.5 Å². The second-order valence-corrected chi connectivity index (χ2v) is 10.4. The zero-order valence-electron chi connectivity index (χ0n) is 21.7. The van der Waals surface area contributed by atoms with Gasteiger partial charge in [-0.2, -0.15) is 0 Å². The van der Waals surface area contributed by atoms with Gasteiger partial charge < -0.3 is 24.3 Å². The maximum Gasteiger partial charge on any atom is 0.264 e. The number of aryl methyl sites for hydroxylation is 1. The molecule has 11 heteroatoms. The number of hydrogen-bond acceptors (Lipinski definition) is 7. The van der Waals surface area contributed by atoms with Crippen LogP contribution in [0.25, 0.3) is 0 Å². The Bertz CT molecular complexity index is 1350. The molecule has 0 saturated heterocycles. The molecule has 0 aliphatic heterocycles. The third-order valence-electron chi connectivity index (χ3n) is 5.76. The standard InChI is InChI=1S/C27H31ClN2O7S/c1-34-23-13-7-19(16-25(23)36-3)6-5-15-29-27(31)18-30(21-10-8-20(28)9-11-21)38(32,33)22-12-14-24(35-2)26(17-22)37-4/h7-14,16-17H,5-6,15,18H2,1-4H3,(H,29,31). The first-order chi connectivity index (χ1) is 18.2. The number of anilines is 1. The minimum atomic E-state index is -4.14. The van der Waals surface area contributed by atoms with Crippen molar-refractivity contribution in [2.45, 2.75) is 17.7 Å². The number of sulfonamides is 1. The second-order valence-electron chi connectivity index (χ2n) is 8.15. The number of nitrogens with zero attached hydrogens (tertiary/aromatic N) is 1. The van der Waals surface area contributed by atoms with Gasteiger partial charge in [-0.05, 0) is 66.9 Å². The SMILES string of the molecule is COc1ccc(CCCNC(=O)CN(c2ccc(Cl)cc2)S(=O)(=O)c2ccc(OC)c(OC)c2)cc1OC. The van der Waals surface area contributed by atoms with E-state index in [1.807, 2.05) is 18.2 Å². The van der Waals surface area contributed by atoms with Crippen LogP contribution in [0.15, 0.2) is 65.6 Å². The largest absolute Gasteiger partial charge is 0.493 e. The number of methoxy groups -OCH3 is 4. The van der Waals surface area contributed by atoms with Crippen molar-refractivity contribution < 1.29 is 32.2 Å². The van der Waals surface area contributed by atoms with Crippen molar-refractivity contribution in [3.63, 3.8) is 0 Å². The Morgan fingerprint density at radius 2 is 1.39 bits per heavy atom. The van der Waals surface area contributed by atoms with Crippen LogP contribution < -0.4 is 28.6 Å². The Balaban J connectivity index is 1.73. The molecule has 0 atom stereocenters. The monoisotopic (exact) mass is 562 g/mol. The van der Waals surface area contributed by atoms with Gasteiger partial charge in [-0.15, -0.1) is 0 Å². The minimum Gasteiger partial charge on any atom is -0.493 e. The van der Waals surface area contributed by atoms with E-state index >= 15 is 0 Å². The Hall–Kier alpha value is -3.63. The second kappa shape index (κ2) is 13.3. The average Bonchev–Trinajstić information content (AvgIpc) is 2.93. The van der Waals surface area contributed by atoms with E-state index in [0.29, 0.717) is 47.3 Å². The smallest absolute Gasteiger partial charge is 0.264 e. The van der Waals surface area contributed by atoms with E-state index in [0.717, 1.165) is 9.87 Å². The summed E-state index contributed by atoms with van der Waals surface area (Å²) in [6.45, 7) is -0.0628. The summed E-state index contributed by atoms with van der Waals surface area (Å²) in [5.74, 6) is 1.47. The van der Waals surface area contributed by atoms with Gasteiger partial charge in [-0.1, -0.05) is 17.7 Å². The fourth-order valence-electron chi connectivity index (χ4n) is 3.77. The lowest BCUT2D eigenvalue weighted by molar-refractivity contribution is -0.119. The summed E-state index contributed by atoms with van der Waals surface area (Å²) in [5.41, 5.74) is 1.32. The predicted octanol–water partition coefficient (Wildman–Crippen LogP) is 4.32. The van der Waals surface area contributed by atoms with Crippen LogP contribution >= 0.6 is 11.6 Å². The van der Waals surface area contributed by atoms with Crippen molar-refractivity contribution >= 4 is 33.2 Å². The highest BCUT2D eigenvalue weighted by atomic mass is 35.5. The maximum atomic E-state index is 13.6. The molecule has 0 aliphatic rings. The molecule has 38 heavy (non-hydrogen) atoms. The molecule has 9 nitrogen and oxygen atoms in total. The van der Waals surface area contributed by atoms with Gasteiger partial charge in [0, 0.05) is 17.6 Å². The molecule has 1 amide bonds. The first-order valence-corrected chi connectivity index (χ1v) is 13.5. The number of carbonyl (C=O) groups is 1. The van der Waals surface area contributed by atoms with Gasteiger partial charge in [0.05, 0.1) is 39.0 Å². The third kappa shape index (κ3) is 7.02. The molecule has 0 bridgehead atoms. The van der Waals surface area contributed by atoms with E-state index in [9.17, 15) is 13.2 Å². The van der Waals surface area contributed by atoms with Gasteiger partial charge in [-0.3, -0.25) is 9.10 Å². The highest BCUT2D eigenvalue weighted by molar-refractivity contribution is 7.92. The zero-order chi connectivity index (χ0) is 27.7. The Morgan fingerprint density at radius 3 is 2.00 bits per heavy atom. The lowest BCUT2D eigenvalue weighted by Gasteiger charge is -2.24. The van der Waals surface area contributed by atoms with Gasteiger partial charge in [0.1, 0.15) is 6.54 Å². The van der Waals surface area contributed by atoms with Gasteiger partial charge in [0.25, 0.3) is 10.0 Å². The average molecular weight is 563 g/mol. The molecular formula is C27H31ClN2O7S. The van der Waals surface area contributed by atoms with Crippen LogP contribution in [0.2, 0.25) is 5.02 Å². The molecule has 0 unspecified atom stereocenters. The van der Waals surface area contributed by atoms with E-state index in [4.69, 9.17) is 30.5 Å². The van der Waals surface area contributed by atoms with Crippen LogP contribution in [0.3, 0.4) is 0 Å². The van der Waals surface area contributed by atoms with Crippen LogP contribution in [-0.4, -0.2) is 55.9 Å². The van der Waals surface area contributed by atoms with Gasteiger partial charge in [0.15, 0.2) is 23.0 Å². The third-order valence-corrected chi connectivity index (χ3v) is 7.78. The molecule has 3 rings (SSSR count). The minimum absolute atomic E-state index is 0.0497. The molecule has 0 saturated carbocycles. The molecule has 0 radical (unpaired) electrons. The number of hydrogen-bond donors (Lipinski definition) is 1. The molecule has 0 spiro atoms. The number of halogens is 1. The zero-order valence-corrected chi connectivity index (χ0v) is 23.3. The fraction of sp³-hybridized carbons (Fsp3) is 0.296. The first kappa shape index (κ1) is 28.9. The normalized spacial score (nSPS) is 11.0. The Morgan fingerprint density at radius 1 is 0.816 bits per heavy atom. The number of rotatable bonds is 13. The fourth-order valence-corrected chi connectivity index (χ4v) is 5.33. The topological polar surface area (TPSA) is 103 Å². The molecule has 0 fully saturated rings. The summed E-state index contributed by atoms with van der Waals surface area (Å²) in [5, 5.41) is 3.25. The van der Waals surface area contributed by atoms with Crippen LogP contribution in [0.1, 0.15) is 12.0 Å². The predicted molar refractivity (Wildman–Crippen MR) is 146 cm³/mol. The molecule has 0 heterocycles. The van der Waals surface area contributed by atoms with Crippen molar-refractivity contribution in [1.82, 2.24) is 5.32 Å². The van der Waals surface area contributed by atoms with Gasteiger partial charge >= 0.3 is 0 Å². The lowest BCUT2D eigenvalue weighted by atomic mass is 10.1. The first-order valence-electron chi connectivity index (χ1n) is 11.7. The summed E-state index contributed by atoms with van der Waals surface area (Å²) in [7, 11) is 1.89. The molecule has 3 aromatic carbocycles. The van der Waals surface area contributed by atoms with Crippen molar-refractivity contribution in [2.24, 2.45) is 0 Å². The number of benzene rings is 3. The highest BCUT2D eigenvalue weighted by Gasteiger charge is 2.28. The summed E-state index contributed by atoms with van der Waals surface area (Å²) in [6.07, 6.45) is 1.33. The van der Waals surface area contributed by atoms with Crippen LogP contribution in [0.4, 0.5) is 5.69 Å². The van der Waals surface area contributed by atoms with Crippen LogP contribution in [-0.2, 0) is 21.2 Å². The van der Waals surface area contributed by atoms with Crippen molar-refractivity contribution in [2.75, 3.05) is 45.8 Å². The maximum absolute atomic E-state index is 13.6. The van der Waals surface area contributed by atoms with Crippen molar-refractivity contribution in [3.05, 3.63) is 71.2 Å². The number of ether oxygens (including phenoxy) is 4. The van der Waals surface area contributed by atoms with Gasteiger partial charge in [-0.25, -0.2) is 8.42 Å². The molecule has 1 N–H and O–H groups in total. The Labute approximate surface area is 228 Å².